The van der Waals surface area contributed by atoms with Crippen LogP contribution in [0.25, 0.3) is 0 Å². The van der Waals surface area contributed by atoms with Crippen molar-refractivity contribution in [2.75, 3.05) is 10.6 Å². The van der Waals surface area contributed by atoms with Gasteiger partial charge in [-0.05, 0) is 36.4 Å². The van der Waals surface area contributed by atoms with E-state index >= 15 is 0 Å². The molecule has 0 saturated heterocycles. The molecule has 1 aliphatic heterocycles. The van der Waals surface area contributed by atoms with Crippen LogP contribution in [0.15, 0.2) is 40.9 Å². The summed E-state index contributed by atoms with van der Waals surface area (Å²) in [4.78, 5) is 25.4. The minimum Gasteiger partial charge on any atom is -0.399 e. The summed E-state index contributed by atoms with van der Waals surface area (Å²) < 4.78 is 14.6. The first-order valence-electron chi connectivity index (χ1n) is 5.72. The van der Waals surface area contributed by atoms with Gasteiger partial charge in [0, 0.05) is 10.2 Å². The second-order valence-corrected chi connectivity index (χ2v) is 5.26. The molecular formula is C14H8BrFN2O2. The van der Waals surface area contributed by atoms with E-state index in [9.17, 15) is 14.0 Å². The van der Waals surface area contributed by atoms with Gasteiger partial charge in [-0.1, -0.05) is 15.9 Å². The Morgan fingerprint density at radius 3 is 2.40 bits per heavy atom. The number of carbonyl (C=O) groups is 2. The Morgan fingerprint density at radius 1 is 1.00 bits per heavy atom. The van der Waals surface area contributed by atoms with Crippen LogP contribution in [0.2, 0.25) is 0 Å². The third-order valence-electron chi connectivity index (χ3n) is 3.06. The molecule has 0 aliphatic carbocycles. The number of halogens is 2. The third-order valence-corrected chi connectivity index (χ3v) is 3.55. The van der Waals surface area contributed by atoms with Crippen LogP contribution in [0.4, 0.5) is 15.8 Å². The fourth-order valence-corrected chi connectivity index (χ4v) is 2.50. The lowest BCUT2D eigenvalue weighted by Gasteiger charge is -2.14. The Kier molecular flexibility index (Phi) is 2.83. The van der Waals surface area contributed by atoms with Gasteiger partial charge in [0.1, 0.15) is 5.82 Å². The summed E-state index contributed by atoms with van der Waals surface area (Å²) in [5.41, 5.74) is 6.11. The number of rotatable bonds is 1. The predicted octanol–water partition coefficient (Wildman–Crippen LogP) is 2.97. The molecule has 100 valence electrons. The van der Waals surface area contributed by atoms with Gasteiger partial charge in [-0.25, -0.2) is 9.29 Å². The molecule has 4 nitrogen and oxygen atoms in total. The van der Waals surface area contributed by atoms with Crippen LogP contribution < -0.4 is 10.6 Å². The summed E-state index contributed by atoms with van der Waals surface area (Å²) in [6.45, 7) is 0. The molecule has 6 heteroatoms. The van der Waals surface area contributed by atoms with Crippen LogP contribution in [0, 0.1) is 5.82 Å². The number of hydrogen-bond donors (Lipinski definition) is 1. The summed E-state index contributed by atoms with van der Waals surface area (Å²) >= 11 is 3.24. The van der Waals surface area contributed by atoms with Crippen LogP contribution in [0.1, 0.15) is 20.7 Å². The molecule has 0 bridgehead atoms. The van der Waals surface area contributed by atoms with E-state index in [1.54, 1.807) is 12.1 Å². The summed E-state index contributed by atoms with van der Waals surface area (Å²) in [6.07, 6.45) is 0. The van der Waals surface area contributed by atoms with Gasteiger partial charge < -0.3 is 5.73 Å². The maximum atomic E-state index is 13.9. The molecule has 1 aliphatic rings. The smallest absolute Gasteiger partial charge is 0.266 e. The maximum absolute atomic E-state index is 13.9. The van der Waals surface area contributed by atoms with Crippen LogP contribution in [-0.4, -0.2) is 11.8 Å². The fourth-order valence-electron chi connectivity index (χ4n) is 2.14. The number of anilines is 2. The van der Waals surface area contributed by atoms with E-state index in [2.05, 4.69) is 15.9 Å². The van der Waals surface area contributed by atoms with Crippen molar-refractivity contribution in [3.63, 3.8) is 0 Å². The summed E-state index contributed by atoms with van der Waals surface area (Å²) in [6, 6.07) is 8.58. The molecule has 1 heterocycles. The number of benzene rings is 2. The Labute approximate surface area is 122 Å². The first kappa shape index (κ1) is 12.8. The zero-order valence-electron chi connectivity index (χ0n) is 10.1. The van der Waals surface area contributed by atoms with Crippen LogP contribution in [-0.2, 0) is 0 Å². The minimum atomic E-state index is -0.710. The maximum Gasteiger partial charge on any atom is 0.266 e. The SMILES string of the molecule is Nc1ccc(N2C(=O)c3ccc(Br)cc3C2=O)c(F)c1. The molecule has 0 saturated carbocycles. The first-order chi connectivity index (χ1) is 9.49. The zero-order chi connectivity index (χ0) is 14.4. The van der Waals surface area contributed by atoms with E-state index < -0.39 is 17.6 Å². The number of carbonyl (C=O) groups excluding carboxylic acids is 2. The van der Waals surface area contributed by atoms with Crippen molar-refractivity contribution < 1.29 is 14.0 Å². The van der Waals surface area contributed by atoms with Crippen LogP contribution in [0.5, 0.6) is 0 Å². The average molecular weight is 335 g/mol. The van der Waals surface area contributed by atoms with Gasteiger partial charge in [-0.2, -0.15) is 0 Å². The van der Waals surface area contributed by atoms with Crippen LogP contribution >= 0.6 is 15.9 Å². The largest absolute Gasteiger partial charge is 0.399 e. The van der Waals surface area contributed by atoms with E-state index in [0.717, 1.165) is 11.0 Å². The molecule has 0 spiro atoms. The number of amides is 2. The number of nitrogens with two attached hydrogens (primary N) is 1. The molecule has 0 fully saturated rings. The second kappa shape index (κ2) is 4.42. The third kappa shape index (κ3) is 1.80. The Balaban J connectivity index is 2.14. The number of fused-ring (bicyclic) bond motifs is 1. The van der Waals surface area contributed by atoms with Crippen molar-refractivity contribution >= 4 is 39.1 Å². The van der Waals surface area contributed by atoms with Gasteiger partial charge >= 0.3 is 0 Å². The molecule has 2 N–H and O–H groups in total. The molecule has 0 atom stereocenters. The standard InChI is InChI=1S/C14H8BrFN2O2/c15-7-1-3-9-10(5-7)14(20)18(13(9)19)12-4-2-8(17)6-11(12)16/h1-6H,17H2. The normalized spacial score (nSPS) is 13.8. The van der Waals surface area contributed by atoms with Crippen molar-refractivity contribution in [2.24, 2.45) is 0 Å². The zero-order valence-corrected chi connectivity index (χ0v) is 11.6. The molecular weight excluding hydrogens is 327 g/mol. The molecule has 2 aromatic carbocycles. The number of hydrogen-bond acceptors (Lipinski definition) is 3. The van der Waals surface area contributed by atoms with Gasteiger partial charge in [0.05, 0.1) is 16.8 Å². The highest BCUT2D eigenvalue weighted by Gasteiger charge is 2.37. The van der Waals surface area contributed by atoms with Crippen molar-refractivity contribution in [1.29, 1.82) is 0 Å². The molecule has 20 heavy (non-hydrogen) atoms. The first-order valence-corrected chi connectivity index (χ1v) is 6.51. The lowest BCUT2D eigenvalue weighted by atomic mass is 10.1. The second-order valence-electron chi connectivity index (χ2n) is 4.35. The molecule has 2 aromatic rings. The summed E-state index contributed by atoms with van der Waals surface area (Å²) in [5, 5.41) is 0. The molecule has 3 rings (SSSR count). The quantitative estimate of drug-likeness (QED) is 0.644. The van der Waals surface area contributed by atoms with Crippen LogP contribution in [0.3, 0.4) is 0 Å². The van der Waals surface area contributed by atoms with Gasteiger partial charge in [-0.15, -0.1) is 0 Å². The molecule has 0 unspecified atom stereocenters. The lowest BCUT2D eigenvalue weighted by Crippen LogP contribution is -2.30. The van der Waals surface area contributed by atoms with Gasteiger partial charge in [0.15, 0.2) is 0 Å². The van der Waals surface area contributed by atoms with Crippen molar-refractivity contribution in [3.05, 3.63) is 57.8 Å². The predicted molar refractivity (Wildman–Crippen MR) is 76.1 cm³/mol. The van der Waals surface area contributed by atoms with E-state index in [4.69, 9.17) is 5.73 Å². The van der Waals surface area contributed by atoms with Gasteiger partial charge in [-0.3, -0.25) is 9.59 Å². The van der Waals surface area contributed by atoms with Gasteiger partial charge in [0.25, 0.3) is 11.8 Å². The monoisotopic (exact) mass is 334 g/mol. The average Bonchev–Trinajstić information content (AvgIpc) is 2.63. The van der Waals surface area contributed by atoms with E-state index in [0.29, 0.717) is 4.47 Å². The highest BCUT2D eigenvalue weighted by molar-refractivity contribution is 9.10. The van der Waals surface area contributed by atoms with Crippen molar-refractivity contribution in [3.8, 4) is 0 Å². The lowest BCUT2D eigenvalue weighted by molar-refractivity contribution is 0.0925. The minimum absolute atomic E-state index is 0.0958. The highest BCUT2D eigenvalue weighted by atomic mass is 79.9. The topological polar surface area (TPSA) is 63.4 Å². The molecule has 0 aromatic heterocycles. The summed E-state index contributed by atoms with van der Waals surface area (Å²) in [5.74, 6) is -1.80. The van der Waals surface area contributed by atoms with Crippen molar-refractivity contribution in [2.45, 2.75) is 0 Å². The molecule has 2 amide bonds. The van der Waals surface area contributed by atoms with E-state index in [-0.39, 0.29) is 22.5 Å². The van der Waals surface area contributed by atoms with Gasteiger partial charge in [0.2, 0.25) is 0 Å². The fraction of sp³-hybridized carbons (Fsp3) is 0. The Morgan fingerprint density at radius 2 is 1.70 bits per heavy atom. The summed E-state index contributed by atoms with van der Waals surface area (Å²) in [7, 11) is 0. The Hall–Kier alpha value is -2.21. The van der Waals surface area contributed by atoms with E-state index in [1.807, 2.05) is 0 Å². The van der Waals surface area contributed by atoms with E-state index in [1.165, 1.54) is 18.2 Å². The number of nitrogens with zero attached hydrogens (tertiary/aromatic N) is 1. The highest BCUT2D eigenvalue weighted by Crippen LogP contribution is 2.32. The Bertz CT molecular complexity index is 761. The molecule has 0 radical (unpaired) electrons. The number of imide groups is 1. The number of nitrogen functional groups attached to an aromatic ring is 1. The van der Waals surface area contributed by atoms with Crippen molar-refractivity contribution in [1.82, 2.24) is 0 Å².